The van der Waals surface area contributed by atoms with Gasteiger partial charge in [-0.3, -0.25) is 9.69 Å². The van der Waals surface area contributed by atoms with Crippen LogP contribution in [-0.4, -0.2) is 17.0 Å². The van der Waals surface area contributed by atoms with Crippen LogP contribution in [0.3, 0.4) is 0 Å². The Morgan fingerprint density at radius 1 is 0.838 bits per heavy atom. The number of fused-ring (bicyclic) bond motifs is 1. The number of benzene rings is 4. The first-order valence-corrected chi connectivity index (χ1v) is 13.4. The lowest BCUT2D eigenvalue weighted by Gasteiger charge is -2.39. The second-order valence-corrected chi connectivity index (χ2v) is 9.89. The zero-order chi connectivity index (χ0) is 25.2. The van der Waals surface area contributed by atoms with Gasteiger partial charge in [-0.05, 0) is 35.7 Å². The van der Waals surface area contributed by atoms with Crippen molar-refractivity contribution in [1.29, 1.82) is 0 Å². The van der Waals surface area contributed by atoms with Crippen LogP contribution in [0.15, 0.2) is 115 Å². The van der Waals surface area contributed by atoms with Crippen molar-refractivity contribution in [3.63, 3.8) is 0 Å². The van der Waals surface area contributed by atoms with Gasteiger partial charge in [0.05, 0.1) is 17.4 Å². The van der Waals surface area contributed by atoms with Crippen molar-refractivity contribution in [2.24, 2.45) is 0 Å². The maximum Gasteiger partial charge on any atom is 0.269 e. The van der Waals surface area contributed by atoms with Crippen molar-refractivity contribution in [2.75, 3.05) is 4.90 Å². The Kier molecular flexibility index (Phi) is 6.29. The molecule has 2 heterocycles. The molecule has 0 spiro atoms. The first kappa shape index (κ1) is 23.2. The van der Waals surface area contributed by atoms with E-state index in [9.17, 15) is 4.79 Å². The molecule has 0 aliphatic carbocycles. The molecule has 0 N–H and O–H groups in total. The van der Waals surface area contributed by atoms with Crippen molar-refractivity contribution >= 4 is 22.9 Å². The lowest BCUT2D eigenvalue weighted by atomic mass is 9.94. The van der Waals surface area contributed by atoms with Gasteiger partial charge in [0.1, 0.15) is 10.8 Å². The molecular weight excluding hydrogens is 476 g/mol. The summed E-state index contributed by atoms with van der Waals surface area (Å²) < 4.78 is 6.20. The number of nitrogens with zero attached hydrogens (tertiary/aromatic N) is 2. The maximum absolute atomic E-state index is 13.9. The van der Waals surface area contributed by atoms with Crippen molar-refractivity contribution in [3.8, 4) is 27.6 Å². The highest BCUT2D eigenvalue weighted by molar-refractivity contribution is 7.13. The summed E-state index contributed by atoms with van der Waals surface area (Å²) in [6, 6.07) is 36.4. The minimum Gasteiger partial charge on any atom is -0.478 e. The van der Waals surface area contributed by atoms with Gasteiger partial charge < -0.3 is 4.74 Å². The highest BCUT2D eigenvalue weighted by Gasteiger charge is 2.39. The van der Waals surface area contributed by atoms with Crippen LogP contribution in [0.5, 0.6) is 5.75 Å². The topological polar surface area (TPSA) is 42.4 Å². The summed E-state index contributed by atoms with van der Waals surface area (Å²) in [5, 5.41) is 3.04. The van der Waals surface area contributed by atoms with E-state index >= 15 is 0 Å². The van der Waals surface area contributed by atoms with E-state index in [4.69, 9.17) is 9.72 Å². The molecule has 0 fully saturated rings. The standard InChI is InChI=1S/C32H26N2O2S/c1-2-28-32(35)34(30(22-12-6-3-7-13-22)23-14-8-4-9-15-23)27-20-25(18-19-29(27)36-28)26-21-37-31(33-26)24-16-10-5-11-17-24/h3-21,28,30H,2H2,1H3. The van der Waals surface area contributed by atoms with Crippen LogP contribution < -0.4 is 9.64 Å². The number of carbonyl (C=O) groups is 1. The summed E-state index contributed by atoms with van der Waals surface area (Å²) in [5.74, 6) is 0.679. The molecule has 1 atom stereocenters. The van der Waals surface area contributed by atoms with Gasteiger partial charge in [0.2, 0.25) is 0 Å². The second kappa shape index (κ2) is 10.0. The van der Waals surface area contributed by atoms with Crippen LogP contribution in [0.4, 0.5) is 5.69 Å². The summed E-state index contributed by atoms with van der Waals surface area (Å²) in [5.41, 5.74) is 5.79. The van der Waals surface area contributed by atoms with Gasteiger partial charge in [-0.15, -0.1) is 11.3 Å². The van der Waals surface area contributed by atoms with E-state index in [0.717, 1.165) is 38.6 Å². The molecule has 4 nitrogen and oxygen atoms in total. The molecule has 37 heavy (non-hydrogen) atoms. The minimum atomic E-state index is -0.530. The van der Waals surface area contributed by atoms with Crippen LogP contribution in [0.25, 0.3) is 21.8 Å². The Balaban J connectivity index is 1.48. The van der Waals surface area contributed by atoms with E-state index in [-0.39, 0.29) is 11.9 Å². The van der Waals surface area contributed by atoms with E-state index < -0.39 is 6.10 Å². The lowest BCUT2D eigenvalue weighted by Crippen LogP contribution is -2.47. The molecule has 5 heteroatoms. The van der Waals surface area contributed by atoms with E-state index in [1.165, 1.54) is 0 Å². The molecule has 0 bridgehead atoms. The molecule has 1 aliphatic rings. The fourth-order valence-electron chi connectivity index (χ4n) is 4.85. The summed E-state index contributed by atoms with van der Waals surface area (Å²) >= 11 is 1.62. The van der Waals surface area contributed by atoms with Crippen molar-refractivity contribution in [1.82, 2.24) is 4.98 Å². The summed E-state index contributed by atoms with van der Waals surface area (Å²) in [6.45, 7) is 1.99. The van der Waals surface area contributed by atoms with Gasteiger partial charge >= 0.3 is 0 Å². The Morgan fingerprint density at radius 3 is 2.08 bits per heavy atom. The molecule has 1 unspecified atom stereocenters. The van der Waals surface area contributed by atoms with Gasteiger partial charge in [0.25, 0.3) is 5.91 Å². The number of hydrogen-bond donors (Lipinski definition) is 0. The monoisotopic (exact) mass is 502 g/mol. The second-order valence-electron chi connectivity index (χ2n) is 9.03. The van der Waals surface area contributed by atoms with Crippen molar-refractivity contribution < 1.29 is 9.53 Å². The largest absolute Gasteiger partial charge is 0.478 e. The molecule has 182 valence electrons. The van der Waals surface area contributed by atoms with Gasteiger partial charge in [0, 0.05) is 16.5 Å². The zero-order valence-corrected chi connectivity index (χ0v) is 21.3. The molecule has 1 aromatic heterocycles. The number of carbonyl (C=O) groups excluding carboxylic acids is 1. The number of hydrogen-bond acceptors (Lipinski definition) is 4. The number of thiazole rings is 1. The van der Waals surface area contributed by atoms with Crippen LogP contribution in [0.1, 0.15) is 30.5 Å². The smallest absolute Gasteiger partial charge is 0.269 e. The molecule has 6 rings (SSSR count). The van der Waals surface area contributed by atoms with Crippen molar-refractivity contribution in [3.05, 3.63) is 126 Å². The van der Waals surface area contributed by atoms with E-state index in [0.29, 0.717) is 12.2 Å². The molecule has 0 radical (unpaired) electrons. The average molecular weight is 503 g/mol. The molecule has 5 aromatic rings. The Morgan fingerprint density at radius 2 is 1.46 bits per heavy atom. The third-order valence-corrected chi connectivity index (χ3v) is 7.57. The number of anilines is 1. The number of aromatic nitrogens is 1. The summed E-state index contributed by atoms with van der Waals surface area (Å²) in [4.78, 5) is 20.8. The third-order valence-electron chi connectivity index (χ3n) is 6.68. The molecule has 0 saturated carbocycles. The first-order chi connectivity index (χ1) is 18.2. The molecule has 0 saturated heterocycles. The highest BCUT2D eigenvalue weighted by atomic mass is 32.1. The van der Waals surface area contributed by atoms with E-state index in [2.05, 4.69) is 41.8 Å². The van der Waals surface area contributed by atoms with E-state index in [1.807, 2.05) is 84.6 Å². The predicted molar refractivity (Wildman–Crippen MR) is 150 cm³/mol. The Bertz CT molecular complexity index is 1480. The van der Waals surface area contributed by atoms with Crippen LogP contribution in [-0.2, 0) is 4.79 Å². The average Bonchev–Trinajstić information content (AvgIpc) is 3.46. The van der Waals surface area contributed by atoms with Gasteiger partial charge in [-0.25, -0.2) is 4.98 Å². The Labute approximate surface area is 220 Å². The SMILES string of the molecule is CCC1Oc2ccc(-c3csc(-c4ccccc4)n3)cc2N(C(c2ccccc2)c2ccccc2)C1=O. The van der Waals surface area contributed by atoms with Gasteiger partial charge in [-0.2, -0.15) is 0 Å². The lowest BCUT2D eigenvalue weighted by molar-refractivity contribution is -0.126. The van der Waals surface area contributed by atoms with Crippen molar-refractivity contribution in [2.45, 2.75) is 25.5 Å². The van der Waals surface area contributed by atoms with Crippen LogP contribution >= 0.6 is 11.3 Å². The highest BCUT2D eigenvalue weighted by Crippen LogP contribution is 2.44. The van der Waals surface area contributed by atoms with Gasteiger partial charge in [0.15, 0.2) is 6.10 Å². The van der Waals surface area contributed by atoms with Crippen LogP contribution in [0, 0.1) is 0 Å². The Hall–Kier alpha value is -4.22. The molecule has 4 aromatic carbocycles. The fraction of sp³-hybridized carbons (Fsp3) is 0.125. The van der Waals surface area contributed by atoms with Gasteiger partial charge in [-0.1, -0.05) is 97.9 Å². The molecule has 1 aliphatic heterocycles. The zero-order valence-electron chi connectivity index (χ0n) is 20.5. The number of rotatable bonds is 6. The number of ether oxygens (including phenoxy) is 1. The minimum absolute atomic E-state index is 0.0342. The molecular formula is C32H26N2O2S. The molecule has 1 amide bonds. The number of amides is 1. The van der Waals surface area contributed by atoms with Crippen LogP contribution in [0.2, 0.25) is 0 Å². The normalized spacial score (nSPS) is 14.9. The van der Waals surface area contributed by atoms with E-state index in [1.54, 1.807) is 11.3 Å². The first-order valence-electron chi connectivity index (χ1n) is 12.5. The summed E-state index contributed by atoms with van der Waals surface area (Å²) in [6.07, 6.45) is 0.0662. The fourth-order valence-corrected chi connectivity index (χ4v) is 5.68. The summed E-state index contributed by atoms with van der Waals surface area (Å²) in [7, 11) is 0. The predicted octanol–water partition coefficient (Wildman–Crippen LogP) is 7.77. The maximum atomic E-state index is 13.9. The third kappa shape index (κ3) is 4.43. The quantitative estimate of drug-likeness (QED) is 0.238.